The molecule has 0 radical (unpaired) electrons. The lowest BCUT2D eigenvalue weighted by Gasteiger charge is -2.18. The fourth-order valence-corrected chi connectivity index (χ4v) is 2.76. The summed E-state index contributed by atoms with van der Waals surface area (Å²) < 4.78 is 11.7. The average Bonchev–Trinajstić information content (AvgIpc) is 2.53. The first-order valence-corrected chi connectivity index (χ1v) is 7.73. The highest BCUT2D eigenvalue weighted by Gasteiger charge is 2.16. The van der Waals surface area contributed by atoms with Crippen LogP contribution in [0, 0.1) is 20.8 Å². The zero-order valence-electron chi connectivity index (χ0n) is 13.8. The summed E-state index contributed by atoms with van der Waals surface area (Å²) in [5.74, 6) is 0.751. The Morgan fingerprint density at radius 3 is 2.39 bits per heavy atom. The minimum absolute atomic E-state index is 0.0900. The Bertz CT molecular complexity index is 908. The number of fused-ring (bicyclic) bond motifs is 1. The molecule has 3 rings (SSSR count). The lowest BCUT2D eigenvalue weighted by Crippen LogP contribution is -2.08. The highest BCUT2D eigenvalue weighted by Crippen LogP contribution is 2.33. The predicted octanol–water partition coefficient (Wildman–Crippen LogP) is 4.86. The van der Waals surface area contributed by atoms with E-state index in [0.29, 0.717) is 11.1 Å². The number of aryl methyl sites for hydroxylation is 2. The van der Waals surface area contributed by atoms with Crippen LogP contribution in [0.5, 0.6) is 5.75 Å². The fraction of sp³-hybridized carbons (Fsp3) is 0.250. The zero-order chi connectivity index (χ0) is 16.6. The van der Waals surface area contributed by atoms with E-state index >= 15 is 0 Å². The molecule has 3 aromatic rings. The maximum Gasteiger partial charge on any atom is 0.339 e. The van der Waals surface area contributed by atoms with Crippen LogP contribution in [0.4, 0.5) is 0 Å². The minimum atomic E-state index is -0.289. The monoisotopic (exact) mass is 308 g/mol. The van der Waals surface area contributed by atoms with Crippen molar-refractivity contribution in [3.63, 3.8) is 0 Å². The quantitative estimate of drug-likeness (QED) is 0.649. The van der Waals surface area contributed by atoms with E-state index in [1.54, 1.807) is 6.92 Å². The molecule has 3 heteroatoms. The maximum absolute atomic E-state index is 11.9. The normalized spacial score (nSPS) is 12.3. The summed E-state index contributed by atoms with van der Waals surface area (Å²) in [6.45, 7) is 7.70. The van der Waals surface area contributed by atoms with Crippen molar-refractivity contribution in [2.24, 2.45) is 0 Å². The molecule has 1 heterocycles. The second kappa shape index (κ2) is 5.92. The molecule has 23 heavy (non-hydrogen) atoms. The van der Waals surface area contributed by atoms with Gasteiger partial charge >= 0.3 is 5.63 Å². The summed E-state index contributed by atoms with van der Waals surface area (Å²) in [4.78, 5) is 11.9. The second-order valence-electron chi connectivity index (χ2n) is 5.95. The summed E-state index contributed by atoms with van der Waals surface area (Å²) >= 11 is 0. The van der Waals surface area contributed by atoms with Crippen molar-refractivity contribution in [2.45, 2.75) is 33.8 Å². The van der Waals surface area contributed by atoms with Crippen LogP contribution in [-0.2, 0) is 0 Å². The number of benzene rings is 2. The smallest absolute Gasteiger partial charge is 0.339 e. The summed E-state index contributed by atoms with van der Waals surface area (Å²) in [6, 6.07) is 13.9. The molecule has 0 bridgehead atoms. The largest absolute Gasteiger partial charge is 0.485 e. The second-order valence-corrected chi connectivity index (χ2v) is 5.95. The molecule has 0 N–H and O–H groups in total. The minimum Gasteiger partial charge on any atom is -0.485 e. The van der Waals surface area contributed by atoms with Crippen molar-refractivity contribution in [1.29, 1.82) is 0 Å². The Hall–Kier alpha value is -2.55. The van der Waals surface area contributed by atoms with Crippen molar-refractivity contribution in [2.75, 3.05) is 0 Å². The van der Waals surface area contributed by atoms with E-state index in [-0.39, 0.29) is 11.7 Å². The molecule has 1 atom stereocenters. The van der Waals surface area contributed by atoms with Gasteiger partial charge in [-0.2, -0.15) is 0 Å². The van der Waals surface area contributed by atoms with Gasteiger partial charge in [0.1, 0.15) is 17.4 Å². The van der Waals surface area contributed by atoms with Crippen molar-refractivity contribution >= 4 is 11.0 Å². The SMILES string of the molecule is Cc1cc(O[C@@H](C)c2ccccc2)c2c(C)c(C)c(=O)oc2c1. The molecule has 2 aromatic carbocycles. The summed E-state index contributed by atoms with van der Waals surface area (Å²) in [5, 5.41) is 0.871. The van der Waals surface area contributed by atoms with Gasteiger partial charge in [-0.15, -0.1) is 0 Å². The van der Waals surface area contributed by atoms with Gasteiger partial charge in [-0.05, 0) is 56.5 Å². The summed E-state index contributed by atoms with van der Waals surface area (Å²) in [7, 11) is 0. The van der Waals surface area contributed by atoms with Crippen molar-refractivity contribution < 1.29 is 9.15 Å². The summed E-state index contributed by atoms with van der Waals surface area (Å²) in [6.07, 6.45) is -0.0900. The number of hydrogen-bond donors (Lipinski definition) is 0. The van der Waals surface area contributed by atoms with Gasteiger partial charge in [-0.1, -0.05) is 30.3 Å². The van der Waals surface area contributed by atoms with Gasteiger partial charge in [-0.25, -0.2) is 4.79 Å². The molecule has 0 aliphatic carbocycles. The molecular formula is C20H20O3. The molecule has 3 nitrogen and oxygen atoms in total. The van der Waals surface area contributed by atoms with Crippen LogP contribution in [0.25, 0.3) is 11.0 Å². The third-order valence-corrected chi connectivity index (χ3v) is 4.23. The summed E-state index contributed by atoms with van der Waals surface area (Å²) in [5.41, 5.74) is 3.93. The molecule has 0 amide bonds. The Balaban J connectivity index is 2.14. The number of rotatable bonds is 3. The van der Waals surface area contributed by atoms with Crippen LogP contribution in [0.3, 0.4) is 0 Å². The zero-order valence-corrected chi connectivity index (χ0v) is 13.8. The molecule has 118 valence electrons. The first kappa shape index (κ1) is 15.3. The van der Waals surface area contributed by atoms with Crippen LogP contribution < -0.4 is 10.4 Å². The Kier molecular flexibility index (Phi) is 3.95. The third kappa shape index (κ3) is 2.87. The Morgan fingerprint density at radius 1 is 1.00 bits per heavy atom. The van der Waals surface area contributed by atoms with Crippen LogP contribution in [0.1, 0.15) is 35.3 Å². The third-order valence-electron chi connectivity index (χ3n) is 4.23. The highest BCUT2D eigenvalue weighted by atomic mass is 16.5. The van der Waals surface area contributed by atoms with Crippen LogP contribution in [-0.4, -0.2) is 0 Å². The van der Waals surface area contributed by atoms with Gasteiger partial charge in [0.05, 0.1) is 5.39 Å². The predicted molar refractivity (Wildman–Crippen MR) is 92.2 cm³/mol. The van der Waals surface area contributed by atoms with Crippen LogP contribution in [0.15, 0.2) is 51.7 Å². The molecule has 0 saturated carbocycles. The van der Waals surface area contributed by atoms with Crippen LogP contribution >= 0.6 is 0 Å². The van der Waals surface area contributed by atoms with Crippen LogP contribution in [0.2, 0.25) is 0 Å². The lowest BCUT2D eigenvalue weighted by molar-refractivity contribution is 0.229. The number of hydrogen-bond acceptors (Lipinski definition) is 3. The van der Waals surface area contributed by atoms with E-state index in [1.165, 1.54) is 0 Å². The maximum atomic E-state index is 11.9. The van der Waals surface area contributed by atoms with Gasteiger partial charge in [0.25, 0.3) is 0 Å². The van der Waals surface area contributed by atoms with Gasteiger partial charge in [-0.3, -0.25) is 0 Å². The molecule has 0 unspecified atom stereocenters. The van der Waals surface area contributed by atoms with E-state index in [9.17, 15) is 4.79 Å². The van der Waals surface area contributed by atoms with Crippen molar-refractivity contribution in [3.8, 4) is 5.75 Å². The Labute approximate surface area is 135 Å². The molecule has 0 aliphatic heterocycles. The van der Waals surface area contributed by atoms with Gasteiger partial charge in [0, 0.05) is 5.56 Å². The van der Waals surface area contributed by atoms with Gasteiger partial charge in [0.2, 0.25) is 0 Å². The van der Waals surface area contributed by atoms with Gasteiger partial charge in [0.15, 0.2) is 0 Å². The molecule has 0 fully saturated rings. The van der Waals surface area contributed by atoms with E-state index < -0.39 is 0 Å². The molecule has 1 aromatic heterocycles. The standard InChI is InChI=1S/C20H20O3/c1-12-10-17(22-15(4)16-8-6-5-7-9-16)19-13(2)14(3)20(21)23-18(19)11-12/h5-11,15H,1-4H3/t15-/m0/s1. The van der Waals surface area contributed by atoms with E-state index in [0.717, 1.165) is 27.8 Å². The van der Waals surface area contributed by atoms with E-state index in [4.69, 9.17) is 9.15 Å². The first-order chi connectivity index (χ1) is 11.0. The van der Waals surface area contributed by atoms with E-state index in [1.807, 2.05) is 63.2 Å². The van der Waals surface area contributed by atoms with Gasteiger partial charge < -0.3 is 9.15 Å². The lowest BCUT2D eigenvalue weighted by atomic mass is 10.0. The Morgan fingerprint density at radius 2 is 1.70 bits per heavy atom. The molecular weight excluding hydrogens is 288 g/mol. The highest BCUT2D eigenvalue weighted by molar-refractivity contribution is 5.88. The van der Waals surface area contributed by atoms with Crippen molar-refractivity contribution in [3.05, 3.63) is 75.1 Å². The van der Waals surface area contributed by atoms with E-state index in [2.05, 4.69) is 0 Å². The van der Waals surface area contributed by atoms with Crippen molar-refractivity contribution in [1.82, 2.24) is 0 Å². The topological polar surface area (TPSA) is 39.4 Å². The molecule has 0 spiro atoms. The molecule has 0 saturated heterocycles. The average molecular weight is 308 g/mol. The fourth-order valence-electron chi connectivity index (χ4n) is 2.76. The molecule has 0 aliphatic rings. The number of ether oxygens (including phenoxy) is 1. The first-order valence-electron chi connectivity index (χ1n) is 7.73.